The molecule has 1 aromatic carbocycles. The predicted octanol–water partition coefficient (Wildman–Crippen LogP) is 10.4. The van der Waals surface area contributed by atoms with Gasteiger partial charge in [0.2, 0.25) is 0 Å². The number of hydrogen-bond acceptors (Lipinski definition) is 0. The van der Waals surface area contributed by atoms with Crippen molar-refractivity contribution in [2.75, 3.05) is 0 Å². The average Bonchev–Trinajstić information content (AvgIpc) is 2.80. The Balaban J connectivity index is 2.71. The Morgan fingerprint density at radius 1 is 0.419 bits per heavy atom. The van der Waals surface area contributed by atoms with Crippen LogP contribution in [0.5, 0.6) is 0 Å². The molecular formula is C30H56Si. The van der Waals surface area contributed by atoms with Gasteiger partial charge in [-0.3, -0.25) is 0 Å². The van der Waals surface area contributed by atoms with Crippen molar-refractivity contribution in [3.63, 3.8) is 0 Å². The zero-order valence-electron chi connectivity index (χ0n) is 21.7. The minimum atomic E-state index is -1.38. The summed E-state index contributed by atoms with van der Waals surface area (Å²) in [6.45, 7) is 6.98. The monoisotopic (exact) mass is 444 g/mol. The van der Waals surface area contributed by atoms with Gasteiger partial charge in [-0.2, -0.15) is 0 Å². The van der Waals surface area contributed by atoms with E-state index in [1.54, 1.807) is 23.3 Å². The third-order valence-corrected chi connectivity index (χ3v) is 12.9. The van der Waals surface area contributed by atoms with Gasteiger partial charge < -0.3 is 0 Å². The molecule has 1 rings (SSSR count). The van der Waals surface area contributed by atoms with Gasteiger partial charge in [0.15, 0.2) is 0 Å². The minimum Gasteiger partial charge on any atom is -0.0654 e. The van der Waals surface area contributed by atoms with Gasteiger partial charge in [0.1, 0.15) is 0 Å². The Morgan fingerprint density at radius 2 is 0.742 bits per heavy atom. The molecular weight excluding hydrogens is 388 g/mol. The fourth-order valence-electron chi connectivity index (χ4n) is 5.33. The van der Waals surface area contributed by atoms with E-state index < -0.39 is 8.07 Å². The fraction of sp³-hybridized carbons (Fsp3) is 0.800. The molecule has 0 aromatic heterocycles. The summed E-state index contributed by atoms with van der Waals surface area (Å²) in [7, 11) is -1.38. The van der Waals surface area contributed by atoms with Crippen LogP contribution in [0.2, 0.25) is 18.1 Å². The molecule has 0 spiro atoms. The van der Waals surface area contributed by atoms with E-state index in [0.29, 0.717) is 0 Å². The lowest BCUT2D eigenvalue weighted by molar-refractivity contribution is 0.608. The second kappa shape index (κ2) is 20.1. The number of rotatable bonds is 22. The molecule has 0 atom stereocenters. The summed E-state index contributed by atoms with van der Waals surface area (Å²) in [6, 6.07) is 16.5. The summed E-state index contributed by atoms with van der Waals surface area (Å²) < 4.78 is 0. The lowest BCUT2D eigenvalue weighted by Gasteiger charge is -2.33. The van der Waals surface area contributed by atoms with E-state index >= 15 is 0 Å². The lowest BCUT2D eigenvalue weighted by Crippen LogP contribution is -2.47. The van der Waals surface area contributed by atoms with Crippen LogP contribution in [0.3, 0.4) is 0 Å². The molecule has 1 heteroatoms. The number of benzene rings is 1. The van der Waals surface area contributed by atoms with Crippen molar-refractivity contribution in [2.45, 2.75) is 154 Å². The van der Waals surface area contributed by atoms with Gasteiger partial charge in [-0.15, -0.1) is 0 Å². The first kappa shape index (κ1) is 28.5. The van der Waals surface area contributed by atoms with Crippen molar-refractivity contribution in [1.29, 1.82) is 0 Å². The SMILES string of the molecule is CCCCCCCC[Si](CCCCCCCC)(CCCCCCCC)c1ccccc1. The van der Waals surface area contributed by atoms with E-state index in [9.17, 15) is 0 Å². The lowest BCUT2D eigenvalue weighted by atomic mass is 10.1. The van der Waals surface area contributed by atoms with Crippen molar-refractivity contribution in [1.82, 2.24) is 0 Å². The molecule has 0 aliphatic heterocycles. The van der Waals surface area contributed by atoms with E-state index in [1.807, 2.05) is 0 Å². The third-order valence-electron chi connectivity index (χ3n) is 7.41. The molecule has 0 unspecified atom stereocenters. The highest BCUT2D eigenvalue weighted by Crippen LogP contribution is 2.30. The highest BCUT2D eigenvalue weighted by molar-refractivity contribution is 6.91. The molecule has 0 nitrogen and oxygen atoms in total. The Hall–Kier alpha value is -0.563. The van der Waals surface area contributed by atoms with Crippen LogP contribution < -0.4 is 5.19 Å². The summed E-state index contributed by atoms with van der Waals surface area (Å²) in [5, 5.41) is 1.78. The molecule has 180 valence electrons. The van der Waals surface area contributed by atoms with E-state index in [2.05, 4.69) is 51.1 Å². The van der Waals surface area contributed by atoms with Crippen molar-refractivity contribution in [2.24, 2.45) is 0 Å². The van der Waals surface area contributed by atoms with Gasteiger partial charge in [0.05, 0.1) is 8.07 Å². The molecule has 0 aliphatic rings. The van der Waals surface area contributed by atoms with Crippen LogP contribution in [0.4, 0.5) is 0 Å². The second-order valence-corrected chi connectivity index (χ2v) is 14.8. The largest absolute Gasteiger partial charge is 0.0867 e. The van der Waals surface area contributed by atoms with Crippen LogP contribution >= 0.6 is 0 Å². The zero-order chi connectivity index (χ0) is 22.5. The maximum atomic E-state index is 2.51. The predicted molar refractivity (Wildman–Crippen MR) is 146 cm³/mol. The molecule has 0 radical (unpaired) electrons. The van der Waals surface area contributed by atoms with Crippen molar-refractivity contribution in [3.8, 4) is 0 Å². The first-order chi connectivity index (χ1) is 15.3. The number of hydrogen-bond donors (Lipinski definition) is 0. The van der Waals surface area contributed by atoms with E-state index in [4.69, 9.17) is 0 Å². The summed E-state index contributed by atoms with van der Waals surface area (Å²) in [6.07, 6.45) is 25.9. The van der Waals surface area contributed by atoms with E-state index in [1.165, 1.54) is 116 Å². The van der Waals surface area contributed by atoms with Gasteiger partial charge in [0.25, 0.3) is 0 Å². The normalized spacial score (nSPS) is 11.8. The van der Waals surface area contributed by atoms with Crippen LogP contribution in [-0.2, 0) is 0 Å². The average molecular weight is 445 g/mol. The van der Waals surface area contributed by atoms with Crippen LogP contribution in [0, 0.1) is 0 Å². The molecule has 0 bridgehead atoms. The van der Waals surface area contributed by atoms with Crippen LogP contribution in [-0.4, -0.2) is 8.07 Å². The highest BCUT2D eigenvalue weighted by atomic mass is 28.3. The Bertz CT molecular complexity index is 440. The maximum Gasteiger partial charge on any atom is 0.0867 e. The van der Waals surface area contributed by atoms with Crippen molar-refractivity contribution < 1.29 is 0 Å². The molecule has 0 heterocycles. The second-order valence-electron chi connectivity index (χ2n) is 10.2. The minimum absolute atomic E-state index is 1.36. The Labute approximate surface area is 198 Å². The molecule has 31 heavy (non-hydrogen) atoms. The van der Waals surface area contributed by atoms with Gasteiger partial charge in [-0.25, -0.2) is 0 Å². The topological polar surface area (TPSA) is 0 Å². The smallest absolute Gasteiger partial charge is 0.0654 e. The first-order valence-corrected chi connectivity index (χ1v) is 17.0. The third kappa shape index (κ3) is 13.6. The first-order valence-electron chi connectivity index (χ1n) is 14.3. The molecule has 1 aromatic rings. The van der Waals surface area contributed by atoms with Crippen LogP contribution in [0.15, 0.2) is 30.3 Å². The standard InChI is InChI=1S/C30H56Si/c1-4-7-10-13-16-22-27-31(30-25-20-19-21-26-30,28-23-17-14-11-8-5-2)29-24-18-15-12-9-6-3/h19-21,25-26H,4-18,22-24,27-29H2,1-3H3. The molecule has 0 N–H and O–H groups in total. The Kier molecular flexibility index (Phi) is 18.4. The van der Waals surface area contributed by atoms with E-state index in [0.717, 1.165) is 0 Å². The van der Waals surface area contributed by atoms with E-state index in [-0.39, 0.29) is 0 Å². The van der Waals surface area contributed by atoms with Crippen LogP contribution in [0.25, 0.3) is 0 Å². The zero-order valence-corrected chi connectivity index (χ0v) is 22.7. The quantitative estimate of drug-likeness (QED) is 0.123. The van der Waals surface area contributed by atoms with Crippen molar-refractivity contribution in [3.05, 3.63) is 30.3 Å². The van der Waals surface area contributed by atoms with Crippen LogP contribution in [0.1, 0.15) is 136 Å². The maximum absolute atomic E-state index is 2.51. The summed E-state index contributed by atoms with van der Waals surface area (Å²) in [4.78, 5) is 0. The molecule has 0 saturated heterocycles. The highest BCUT2D eigenvalue weighted by Gasteiger charge is 2.33. The number of unbranched alkanes of at least 4 members (excludes halogenated alkanes) is 15. The molecule has 0 aliphatic carbocycles. The summed E-state index contributed by atoms with van der Waals surface area (Å²) in [5.74, 6) is 0. The summed E-state index contributed by atoms with van der Waals surface area (Å²) in [5.41, 5.74) is 0. The Morgan fingerprint density at radius 3 is 1.10 bits per heavy atom. The van der Waals surface area contributed by atoms with Gasteiger partial charge in [-0.05, 0) is 0 Å². The summed E-state index contributed by atoms with van der Waals surface area (Å²) >= 11 is 0. The molecule has 0 amide bonds. The fourth-order valence-corrected chi connectivity index (χ4v) is 10.6. The molecule has 0 saturated carbocycles. The van der Waals surface area contributed by atoms with Gasteiger partial charge in [-0.1, -0.05) is 190 Å². The van der Waals surface area contributed by atoms with Gasteiger partial charge in [0, 0.05) is 0 Å². The molecule has 0 fully saturated rings. The van der Waals surface area contributed by atoms with Crippen molar-refractivity contribution >= 4 is 13.3 Å². The van der Waals surface area contributed by atoms with Gasteiger partial charge >= 0.3 is 0 Å².